The van der Waals surface area contributed by atoms with Crippen LogP contribution in [0.1, 0.15) is 16.2 Å². The number of hydrogen-bond acceptors (Lipinski definition) is 4. The van der Waals surface area contributed by atoms with Gasteiger partial charge in [0, 0.05) is 10.0 Å². The van der Waals surface area contributed by atoms with Gasteiger partial charge in [-0.3, -0.25) is 4.79 Å². The molecule has 0 amide bonds. The van der Waals surface area contributed by atoms with Crippen molar-refractivity contribution in [2.45, 2.75) is 6.92 Å². The molecule has 0 bridgehead atoms. The Balaban J connectivity index is 2.49. The predicted octanol–water partition coefficient (Wildman–Crippen LogP) is 2.62. The van der Waals surface area contributed by atoms with Crippen molar-refractivity contribution in [3.05, 3.63) is 34.1 Å². The Morgan fingerprint density at radius 3 is 2.87 bits per heavy atom. The van der Waals surface area contributed by atoms with E-state index in [4.69, 9.17) is 4.52 Å². The summed E-state index contributed by atoms with van der Waals surface area (Å²) in [4.78, 5) is 14.3. The summed E-state index contributed by atoms with van der Waals surface area (Å²) < 4.78 is 5.70. The van der Waals surface area contributed by atoms with Crippen LogP contribution in [0.2, 0.25) is 0 Å². The molecule has 1 heterocycles. The van der Waals surface area contributed by atoms with E-state index < -0.39 is 0 Å². The SMILES string of the molecule is Cc1cc(Br)ccc1-c1noc(C=O)n1. The number of hydrogen-bond donors (Lipinski definition) is 0. The van der Waals surface area contributed by atoms with Crippen LogP contribution in [0.25, 0.3) is 11.4 Å². The quantitative estimate of drug-likeness (QED) is 0.785. The van der Waals surface area contributed by atoms with Crippen molar-refractivity contribution in [2.24, 2.45) is 0 Å². The third kappa shape index (κ3) is 1.97. The molecule has 0 atom stereocenters. The number of halogens is 1. The van der Waals surface area contributed by atoms with Gasteiger partial charge in [0.1, 0.15) is 0 Å². The topological polar surface area (TPSA) is 56.0 Å². The van der Waals surface area contributed by atoms with Crippen molar-refractivity contribution in [3.8, 4) is 11.4 Å². The van der Waals surface area contributed by atoms with Crippen molar-refractivity contribution in [3.63, 3.8) is 0 Å². The van der Waals surface area contributed by atoms with Crippen LogP contribution in [0.3, 0.4) is 0 Å². The van der Waals surface area contributed by atoms with Gasteiger partial charge in [0.15, 0.2) is 0 Å². The lowest BCUT2D eigenvalue weighted by molar-refractivity contribution is 0.108. The van der Waals surface area contributed by atoms with E-state index in [-0.39, 0.29) is 5.89 Å². The minimum atomic E-state index is -0.00711. The maximum Gasteiger partial charge on any atom is 0.291 e. The van der Waals surface area contributed by atoms with E-state index >= 15 is 0 Å². The summed E-state index contributed by atoms with van der Waals surface area (Å²) in [7, 11) is 0. The molecule has 0 unspecified atom stereocenters. The summed E-state index contributed by atoms with van der Waals surface area (Å²) in [5, 5.41) is 3.72. The third-order valence-corrected chi connectivity index (χ3v) is 2.47. The molecule has 0 N–H and O–H groups in total. The number of aldehydes is 1. The number of benzene rings is 1. The molecule has 5 heteroatoms. The normalized spacial score (nSPS) is 10.3. The molecule has 15 heavy (non-hydrogen) atoms. The van der Waals surface area contributed by atoms with Crippen LogP contribution < -0.4 is 0 Å². The fraction of sp³-hybridized carbons (Fsp3) is 0.100. The Hall–Kier alpha value is -1.49. The van der Waals surface area contributed by atoms with E-state index in [0.29, 0.717) is 12.1 Å². The average molecular weight is 267 g/mol. The maximum atomic E-state index is 10.4. The van der Waals surface area contributed by atoms with Crippen molar-refractivity contribution in [1.29, 1.82) is 0 Å². The summed E-state index contributed by atoms with van der Waals surface area (Å²) in [6, 6.07) is 5.71. The Labute approximate surface area is 94.4 Å². The van der Waals surface area contributed by atoms with Crippen LogP contribution in [0.4, 0.5) is 0 Å². The molecule has 1 aromatic carbocycles. The zero-order valence-electron chi connectivity index (χ0n) is 7.90. The first kappa shape index (κ1) is 10.0. The molecule has 2 aromatic rings. The second-order valence-electron chi connectivity index (χ2n) is 3.03. The summed E-state index contributed by atoms with van der Waals surface area (Å²) >= 11 is 3.37. The standard InChI is InChI=1S/C10H7BrN2O2/c1-6-4-7(11)2-3-8(6)10-12-9(5-14)15-13-10/h2-5H,1H3. The molecule has 0 saturated carbocycles. The number of carbonyl (C=O) groups excluding carboxylic acids is 1. The molecule has 2 rings (SSSR count). The fourth-order valence-electron chi connectivity index (χ4n) is 1.27. The van der Waals surface area contributed by atoms with Crippen LogP contribution >= 0.6 is 15.9 Å². The molecule has 76 valence electrons. The number of rotatable bonds is 2. The van der Waals surface area contributed by atoms with Gasteiger partial charge in [-0.05, 0) is 30.7 Å². The number of carbonyl (C=O) groups is 1. The van der Waals surface area contributed by atoms with E-state index in [0.717, 1.165) is 15.6 Å². The van der Waals surface area contributed by atoms with Crippen LogP contribution in [-0.2, 0) is 0 Å². The predicted molar refractivity (Wildman–Crippen MR) is 57.6 cm³/mol. The minimum absolute atomic E-state index is 0.00711. The number of aromatic nitrogens is 2. The van der Waals surface area contributed by atoms with Gasteiger partial charge < -0.3 is 4.52 Å². The summed E-state index contributed by atoms with van der Waals surface area (Å²) in [5.41, 5.74) is 1.87. The van der Waals surface area contributed by atoms with E-state index in [1.54, 1.807) is 0 Å². The second kappa shape index (κ2) is 3.94. The molecule has 0 spiro atoms. The van der Waals surface area contributed by atoms with Gasteiger partial charge in [0.05, 0.1) is 0 Å². The van der Waals surface area contributed by atoms with Crippen molar-refractivity contribution >= 4 is 22.2 Å². The highest BCUT2D eigenvalue weighted by atomic mass is 79.9. The number of nitrogens with zero attached hydrogens (tertiary/aromatic N) is 2. The van der Waals surface area contributed by atoms with Gasteiger partial charge >= 0.3 is 0 Å². The third-order valence-electron chi connectivity index (χ3n) is 1.97. The van der Waals surface area contributed by atoms with E-state index in [9.17, 15) is 4.79 Å². The molecule has 0 radical (unpaired) electrons. The molecule has 0 aliphatic carbocycles. The molecule has 0 aliphatic rings. The number of aryl methyl sites for hydroxylation is 1. The Morgan fingerprint density at radius 2 is 2.27 bits per heavy atom. The van der Waals surface area contributed by atoms with Crippen LogP contribution in [-0.4, -0.2) is 16.4 Å². The average Bonchev–Trinajstić information content (AvgIpc) is 2.66. The molecule has 1 aromatic heterocycles. The van der Waals surface area contributed by atoms with Crippen molar-refractivity contribution in [2.75, 3.05) is 0 Å². The maximum absolute atomic E-state index is 10.4. The summed E-state index contributed by atoms with van der Waals surface area (Å²) in [6.07, 6.45) is 0.532. The van der Waals surface area contributed by atoms with Crippen LogP contribution in [0.5, 0.6) is 0 Å². The molecular weight excluding hydrogens is 260 g/mol. The highest BCUT2D eigenvalue weighted by molar-refractivity contribution is 9.10. The summed E-state index contributed by atoms with van der Waals surface area (Å²) in [5.74, 6) is 0.425. The first-order valence-corrected chi connectivity index (χ1v) is 5.05. The van der Waals surface area contributed by atoms with E-state index in [1.807, 2.05) is 25.1 Å². The molecule has 4 nitrogen and oxygen atoms in total. The Bertz CT molecular complexity index is 508. The smallest absolute Gasteiger partial charge is 0.291 e. The first-order valence-electron chi connectivity index (χ1n) is 4.26. The molecule has 0 aliphatic heterocycles. The minimum Gasteiger partial charge on any atom is -0.331 e. The van der Waals surface area contributed by atoms with Crippen LogP contribution in [0, 0.1) is 6.92 Å². The van der Waals surface area contributed by atoms with Crippen LogP contribution in [0.15, 0.2) is 27.2 Å². The van der Waals surface area contributed by atoms with Crippen molar-refractivity contribution in [1.82, 2.24) is 10.1 Å². The van der Waals surface area contributed by atoms with Gasteiger partial charge in [-0.1, -0.05) is 21.1 Å². The monoisotopic (exact) mass is 266 g/mol. The van der Waals surface area contributed by atoms with Gasteiger partial charge in [-0.2, -0.15) is 4.98 Å². The van der Waals surface area contributed by atoms with E-state index in [1.165, 1.54) is 0 Å². The molecule has 0 fully saturated rings. The largest absolute Gasteiger partial charge is 0.331 e. The lowest BCUT2D eigenvalue weighted by Gasteiger charge is -2.00. The molecule has 0 saturated heterocycles. The van der Waals surface area contributed by atoms with Gasteiger partial charge in [0.25, 0.3) is 5.89 Å². The Morgan fingerprint density at radius 1 is 1.47 bits per heavy atom. The second-order valence-corrected chi connectivity index (χ2v) is 3.95. The van der Waals surface area contributed by atoms with Gasteiger partial charge in [-0.15, -0.1) is 0 Å². The zero-order chi connectivity index (χ0) is 10.8. The highest BCUT2D eigenvalue weighted by Crippen LogP contribution is 2.23. The lowest BCUT2D eigenvalue weighted by atomic mass is 10.1. The zero-order valence-corrected chi connectivity index (χ0v) is 9.48. The van der Waals surface area contributed by atoms with Crippen molar-refractivity contribution < 1.29 is 9.32 Å². The first-order chi connectivity index (χ1) is 7.20. The highest BCUT2D eigenvalue weighted by Gasteiger charge is 2.09. The lowest BCUT2D eigenvalue weighted by Crippen LogP contribution is -1.86. The summed E-state index contributed by atoms with van der Waals surface area (Å²) in [6.45, 7) is 1.94. The Kier molecular flexibility index (Phi) is 2.64. The van der Waals surface area contributed by atoms with E-state index in [2.05, 4.69) is 26.1 Å². The fourth-order valence-corrected chi connectivity index (χ4v) is 1.75. The molecular formula is C10H7BrN2O2. The van der Waals surface area contributed by atoms with Gasteiger partial charge in [0.2, 0.25) is 12.1 Å². The van der Waals surface area contributed by atoms with Gasteiger partial charge in [-0.25, -0.2) is 0 Å².